The van der Waals surface area contributed by atoms with Crippen molar-refractivity contribution in [1.82, 2.24) is 4.98 Å². The summed E-state index contributed by atoms with van der Waals surface area (Å²) in [6, 6.07) is 24.7. The first-order valence-corrected chi connectivity index (χ1v) is 11.0. The number of carboxylic acid groups (broad SMARTS) is 1. The van der Waals surface area contributed by atoms with Crippen LogP contribution in [0.2, 0.25) is 0 Å². The van der Waals surface area contributed by atoms with Gasteiger partial charge in [-0.25, -0.2) is 4.39 Å². The van der Waals surface area contributed by atoms with E-state index in [4.69, 9.17) is 9.40 Å². The predicted molar refractivity (Wildman–Crippen MR) is 125 cm³/mol. The van der Waals surface area contributed by atoms with Crippen LogP contribution in [0.25, 0.3) is 33.7 Å². The van der Waals surface area contributed by atoms with E-state index in [2.05, 4.69) is 0 Å². The smallest absolute Gasteiger partial charge is 0.306 e. The van der Waals surface area contributed by atoms with Gasteiger partial charge in [-0.15, -0.1) is 0 Å². The summed E-state index contributed by atoms with van der Waals surface area (Å²) in [7, 11) is 0. The molecule has 5 rings (SSSR count). The number of piperidine rings is 1. The molecule has 5 nitrogen and oxygen atoms in total. The lowest BCUT2D eigenvalue weighted by molar-refractivity contribution is -0.142. The number of benzene rings is 3. The van der Waals surface area contributed by atoms with Crippen molar-refractivity contribution in [3.63, 3.8) is 0 Å². The molecule has 0 atom stereocenters. The third-order valence-corrected chi connectivity index (χ3v) is 6.10. The third kappa shape index (κ3) is 4.37. The van der Waals surface area contributed by atoms with Crippen LogP contribution in [0.3, 0.4) is 0 Å². The number of aliphatic carboxylic acids is 1. The SMILES string of the molecule is O=C(O)C1CCN(c2nc(-c3ccc(-c4ccc(F)cc4)cc3)c(-c3ccccc3)o2)CC1. The number of carboxylic acids is 1. The van der Waals surface area contributed by atoms with Gasteiger partial charge in [-0.2, -0.15) is 4.98 Å². The van der Waals surface area contributed by atoms with Crippen molar-refractivity contribution >= 4 is 12.0 Å². The molecule has 1 aliphatic heterocycles. The second-order valence-electron chi connectivity index (χ2n) is 8.22. The largest absolute Gasteiger partial charge is 0.481 e. The molecule has 6 heteroatoms. The normalized spacial score (nSPS) is 14.4. The molecule has 33 heavy (non-hydrogen) atoms. The number of halogens is 1. The van der Waals surface area contributed by atoms with E-state index in [9.17, 15) is 14.3 Å². The van der Waals surface area contributed by atoms with Gasteiger partial charge in [-0.1, -0.05) is 66.7 Å². The molecule has 1 aliphatic rings. The van der Waals surface area contributed by atoms with Gasteiger partial charge in [0.25, 0.3) is 6.01 Å². The van der Waals surface area contributed by atoms with Gasteiger partial charge in [-0.05, 0) is 36.1 Å². The van der Waals surface area contributed by atoms with Gasteiger partial charge >= 0.3 is 5.97 Å². The van der Waals surface area contributed by atoms with Crippen LogP contribution in [0.1, 0.15) is 12.8 Å². The van der Waals surface area contributed by atoms with Crippen molar-refractivity contribution in [2.24, 2.45) is 5.92 Å². The molecule has 0 bridgehead atoms. The number of hydrogen-bond donors (Lipinski definition) is 1. The Balaban J connectivity index is 1.48. The van der Waals surface area contributed by atoms with Crippen LogP contribution in [-0.4, -0.2) is 29.1 Å². The first-order chi connectivity index (χ1) is 16.1. The Morgan fingerprint density at radius 1 is 0.848 bits per heavy atom. The highest BCUT2D eigenvalue weighted by atomic mass is 19.1. The highest BCUT2D eigenvalue weighted by Gasteiger charge is 2.28. The summed E-state index contributed by atoms with van der Waals surface area (Å²) in [5.41, 5.74) is 4.50. The number of nitrogens with zero attached hydrogens (tertiary/aromatic N) is 2. The molecular weight excluding hydrogens is 419 g/mol. The Kier molecular flexibility index (Phi) is 5.65. The zero-order chi connectivity index (χ0) is 22.8. The molecule has 1 aromatic heterocycles. The number of carbonyl (C=O) groups is 1. The maximum absolute atomic E-state index is 13.3. The number of hydrogen-bond acceptors (Lipinski definition) is 4. The van der Waals surface area contributed by atoms with E-state index in [0.29, 0.717) is 37.7 Å². The van der Waals surface area contributed by atoms with Crippen LogP contribution in [0.4, 0.5) is 10.4 Å². The molecule has 1 fully saturated rings. The molecule has 0 aliphatic carbocycles. The van der Waals surface area contributed by atoms with Crippen LogP contribution in [0, 0.1) is 11.7 Å². The van der Waals surface area contributed by atoms with E-state index in [1.807, 2.05) is 59.5 Å². The fraction of sp³-hybridized carbons (Fsp3) is 0.185. The van der Waals surface area contributed by atoms with Crippen molar-refractivity contribution in [3.8, 4) is 33.7 Å². The Labute approximate surface area is 191 Å². The highest BCUT2D eigenvalue weighted by molar-refractivity contribution is 5.79. The van der Waals surface area contributed by atoms with E-state index in [1.54, 1.807) is 12.1 Å². The molecule has 3 aromatic carbocycles. The molecule has 1 saturated heterocycles. The average molecular weight is 442 g/mol. The van der Waals surface area contributed by atoms with Crippen LogP contribution in [0.15, 0.2) is 83.3 Å². The summed E-state index contributed by atoms with van der Waals surface area (Å²) >= 11 is 0. The summed E-state index contributed by atoms with van der Waals surface area (Å²) in [4.78, 5) is 18.1. The molecule has 0 amide bonds. The van der Waals surface area contributed by atoms with Gasteiger partial charge in [0.1, 0.15) is 11.5 Å². The van der Waals surface area contributed by atoms with Crippen LogP contribution in [-0.2, 0) is 4.79 Å². The molecule has 0 spiro atoms. The Bertz CT molecular complexity index is 1240. The maximum Gasteiger partial charge on any atom is 0.306 e. The summed E-state index contributed by atoms with van der Waals surface area (Å²) in [5.74, 6) is -0.636. The van der Waals surface area contributed by atoms with Crippen molar-refractivity contribution < 1.29 is 18.7 Å². The summed E-state index contributed by atoms with van der Waals surface area (Å²) < 4.78 is 19.5. The van der Waals surface area contributed by atoms with Crippen molar-refractivity contribution in [2.75, 3.05) is 18.0 Å². The van der Waals surface area contributed by atoms with Crippen molar-refractivity contribution in [1.29, 1.82) is 0 Å². The van der Waals surface area contributed by atoms with E-state index in [1.165, 1.54) is 12.1 Å². The minimum atomic E-state index is -0.742. The fourth-order valence-electron chi connectivity index (χ4n) is 4.21. The standard InChI is InChI=1S/C27H23FN2O3/c28-23-12-10-19(11-13-23)18-6-8-20(9-7-18)24-25(21-4-2-1-3-5-21)33-27(29-24)30-16-14-22(15-17-30)26(31)32/h1-13,22H,14-17H2,(H,31,32). The molecule has 0 radical (unpaired) electrons. The van der Waals surface area contributed by atoms with Gasteiger partial charge < -0.3 is 14.4 Å². The first-order valence-electron chi connectivity index (χ1n) is 11.0. The summed E-state index contributed by atoms with van der Waals surface area (Å²) in [6.07, 6.45) is 1.14. The number of rotatable bonds is 5. The van der Waals surface area contributed by atoms with E-state index < -0.39 is 5.97 Å². The van der Waals surface area contributed by atoms with Gasteiger partial charge in [0.15, 0.2) is 5.76 Å². The number of anilines is 1. The van der Waals surface area contributed by atoms with E-state index in [0.717, 1.165) is 27.9 Å². The van der Waals surface area contributed by atoms with Crippen molar-refractivity contribution in [3.05, 3.63) is 84.7 Å². The molecule has 2 heterocycles. The highest BCUT2D eigenvalue weighted by Crippen LogP contribution is 2.37. The Morgan fingerprint density at radius 2 is 1.42 bits per heavy atom. The minimum Gasteiger partial charge on any atom is -0.481 e. The topological polar surface area (TPSA) is 66.6 Å². The summed E-state index contributed by atoms with van der Waals surface area (Å²) in [6.45, 7) is 1.18. The third-order valence-electron chi connectivity index (χ3n) is 6.10. The van der Waals surface area contributed by atoms with E-state index >= 15 is 0 Å². The monoisotopic (exact) mass is 442 g/mol. The second kappa shape index (κ2) is 8.90. The lowest BCUT2D eigenvalue weighted by Gasteiger charge is -2.28. The molecule has 4 aromatic rings. The van der Waals surface area contributed by atoms with Gasteiger partial charge in [0.2, 0.25) is 0 Å². The molecule has 166 valence electrons. The quantitative estimate of drug-likeness (QED) is 0.404. The maximum atomic E-state index is 13.3. The van der Waals surface area contributed by atoms with Gasteiger partial charge in [0.05, 0.1) is 5.92 Å². The minimum absolute atomic E-state index is 0.259. The average Bonchev–Trinajstić information content (AvgIpc) is 3.31. The predicted octanol–water partition coefficient (Wildman–Crippen LogP) is 6.12. The lowest BCUT2D eigenvalue weighted by Crippen LogP contribution is -2.36. The lowest BCUT2D eigenvalue weighted by atomic mass is 9.97. The Morgan fingerprint density at radius 3 is 2.03 bits per heavy atom. The first kappa shape index (κ1) is 20.9. The summed E-state index contributed by atoms with van der Waals surface area (Å²) in [5, 5.41) is 9.28. The zero-order valence-electron chi connectivity index (χ0n) is 17.9. The van der Waals surface area contributed by atoms with Crippen LogP contribution >= 0.6 is 0 Å². The fourth-order valence-corrected chi connectivity index (χ4v) is 4.21. The van der Waals surface area contributed by atoms with Crippen LogP contribution < -0.4 is 4.90 Å². The van der Waals surface area contributed by atoms with E-state index in [-0.39, 0.29) is 11.7 Å². The molecule has 0 unspecified atom stereocenters. The Hall–Kier alpha value is -3.93. The van der Waals surface area contributed by atoms with Gasteiger partial charge in [-0.3, -0.25) is 4.79 Å². The zero-order valence-corrected chi connectivity index (χ0v) is 17.9. The van der Waals surface area contributed by atoms with Crippen molar-refractivity contribution in [2.45, 2.75) is 12.8 Å². The van der Waals surface area contributed by atoms with Gasteiger partial charge in [0, 0.05) is 24.2 Å². The number of oxazole rings is 1. The number of aromatic nitrogens is 1. The van der Waals surface area contributed by atoms with Crippen LogP contribution in [0.5, 0.6) is 0 Å². The second-order valence-corrected chi connectivity index (χ2v) is 8.22. The molecule has 0 saturated carbocycles. The molecular formula is C27H23FN2O3. The molecule has 1 N–H and O–H groups in total.